The molecule has 0 aromatic carbocycles. The summed E-state index contributed by atoms with van der Waals surface area (Å²) in [4.78, 5) is 2.78. The summed E-state index contributed by atoms with van der Waals surface area (Å²) in [6, 6.07) is 1.65. The van der Waals surface area contributed by atoms with Crippen LogP contribution in [0.3, 0.4) is 0 Å². The minimum Gasteiger partial charge on any atom is -0.313 e. The zero-order valence-electron chi connectivity index (χ0n) is 11.0. The Hall–Kier alpha value is -0.0800. The molecule has 0 aromatic rings. The fourth-order valence-corrected chi connectivity index (χ4v) is 3.41. The van der Waals surface area contributed by atoms with E-state index < -0.39 is 0 Å². The molecular formula is C14H28N2. The summed E-state index contributed by atoms with van der Waals surface area (Å²) in [7, 11) is 0. The van der Waals surface area contributed by atoms with Gasteiger partial charge in [0.05, 0.1) is 0 Å². The van der Waals surface area contributed by atoms with E-state index in [-0.39, 0.29) is 0 Å². The standard InChI is InChI=1S/C14H28N2/c1-3-5-13-11-16(9-4-8-15-13)14-7-6-12(2)10-14/h12-15H,3-11H2,1-2H3. The summed E-state index contributed by atoms with van der Waals surface area (Å²) in [6.45, 7) is 8.56. The number of hydrogen-bond donors (Lipinski definition) is 1. The summed E-state index contributed by atoms with van der Waals surface area (Å²) in [6.07, 6.45) is 8.34. The van der Waals surface area contributed by atoms with Crippen LogP contribution in [0, 0.1) is 5.92 Å². The first-order valence-corrected chi connectivity index (χ1v) is 7.27. The van der Waals surface area contributed by atoms with E-state index in [1.54, 1.807) is 0 Å². The van der Waals surface area contributed by atoms with Gasteiger partial charge >= 0.3 is 0 Å². The van der Waals surface area contributed by atoms with Crippen molar-refractivity contribution < 1.29 is 0 Å². The highest BCUT2D eigenvalue weighted by Gasteiger charge is 2.28. The lowest BCUT2D eigenvalue weighted by molar-refractivity contribution is 0.189. The first kappa shape index (κ1) is 12.4. The molecule has 0 bridgehead atoms. The van der Waals surface area contributed by atoms with E-state index in [0.29, 0.717) is 0 Å². The molecule has 2 rings (SSSR count). The lowest BCUT2D eigenvalue weighted by atomic mass is 10.1. The van der Waals surface area contributed by atoms with Crippen LogP contribution in [-0.2, 0) is 0 Å². The average molecular weight is 224 g/mol. The summed E-state index contributed by atoms with van der Waals surface area (Å²) in [5, 5.41) is 3.71. The summed E-state index contributed by atoms with van der Waals surface area (Å²) >= 11 is 0. The second kappa shape index (κ2) is 6.02. The number of rotatable bonds is 3. The maximum atomic E-state index is 3.71. The molecule has 16 heavy (non-hydrogen) atoms. The van der Waals surface area contributed by atoms with Crippen molar-refractivity contribution in [3.05, 3.63) is 0 Å². The lowest BCUT2D eigenvalue weighted by Gasteiger charge is -2.30. The third kappa shape index (κ3) is 3.21. The summed E-state index contributed by atoms with van der Waals surface area (Å²) < 4.78 is 0. The van der Waals surface area contributed by atoms with Gasteiger partial charge in [0.15, 0.2) is 0 Å². The van der Waals surface area contributed by atoms with Crippen LogP contribution < -0.4 is 5.32 Å². The molecule has 2 heteroatoms. The van der Waals surface area contributed by atoms with Gasteiger partial charge in [-0.15, -0.1) is 0 Å². The van der Waals surface area contributed by atoms with Gasteiger partial charge in [-0.1, -0.05) is 20.3 Å². The van der Waals surface area contributed by atoms with Crippen molar-refractivity contribution in [3.8, 4) is 0 Å². The van der Waals surface area contributed by atoms with Crippen LogP contribution in [0.5, 0.6) is 0 Å². The van der Waals surface area contributed by atoms with Crippen LogP contribution in [0.15, 0.2) is 0 Å². The predicted molar refractivity (Wildman–Crippen MR) is 69.7 cm³/mol. The number of hydrogen-bond acceptors (Lipinski definition) is 2. The van der Waals surface area contributed by atoms with Crippen LogP contribution >= 0.6 is 0 Å². The van der Waals surface area contributed by atoms with Gasteiger partial charge in [0.1, 0.15) is 0 Å². The SMILES string of the molecule is CCCC1CN(C2CCC(C)C2)CCCN1. The molecular weight excluding hydrogens is 196 g/mol. The Morgan fingerprint density at radius 2 is 2.19 bits per heavy atom. The molecule has 0 aromatic heterocycles. The molecule has 1 N–H and O–H groups in total. The molecule has 94 valence electrons. The molecule has 1 aliphatic carbocycles. The smallest absolute Gasteiger partial charge is 0.0195 e. The number of nitrogens with zero attached hydrogens (tertiary/aromatic N) is 1. The molecule has 2 nitrogen and oxygen atoms in total. The summed E-state index contributed by atoms with van der Waals surface area (Å²) in [5.41, 5.74) is 0. The van der Waals surface area contributed by atoms with Gasteiger partial charge in [0.2, 0.25) is 0 Å². The van der Waals surface area contributed by atoms with Crippen LogP contribution in [-0.4, -0.2) is 36.6 Å². The normalized spacial score (nSPS) is 37.5. The molecule has 2 fully saturated rings. The van der Waals surface area contributed by atoms with Crippen molar-refractivity contribution in [2.75, 3.05) is 19.6 Å². The van der Waals surface area contributed by atoms with Gasteiger partial charge < -0.3 is 5.32 Å². The van der Waals surface area contributed by atoms with Gasteiger partial charge in [-0.05, 0) is 51.1 Å². The minimum absolute atomic E-state index is 0.753. The van der Waals surface area contributed by atoms with Crippen molar-refractivity contribution in [2.24, 2.45) is 5.92 Å². The highest BCUT2D eigenvalue weighted by molar-refractivity contribution is 4.85. The Kier molecular flexibility index (Phi) is 4.66. The fourth-order valence-electron chi connectivity index (χ4n) is 3.41. The third-order valence-corrected chi connectivity index (χ3v) is 4.33. The van der Waals surface area contributed by atoms with Crippen molar-refractivity contribution >= 4 is 0 Å². The Balaban J connectivity index is 1.87. The maximum Gasteiger partial charge on any atom is 0.0195 e. The van der Waals surface area contributed by atoms with E-state index in [1.165, 1.54) is 58.2 Å². The molecule has 1 saturated heterocycles. The molecule has 1 heterocycles. The summed E-state index contributed by atoms with van der Waals surface area (Å²) in [5.74, 6) is 0.964. The lowest BCUT2D eigenvalue weighted by Crippen LogP contribution is -2.41. The first-order chi connectivity index (χ1) is 7.79. The first-order valence-electron chi connectivity index (χ1n) is 7.27. The van der Waals surface area contributed by atoms with Crippen molar-refractivity contribution in [3.63, 3.8) is 0 Å². The number of nitrogens with one attached hydrogen (secondary N) is 1. The quantitative estimate of drug-likeness (QED) is 0.793. The molecule has 0 radical (unpaired) electrons. The van der Waals surface area contributed by atoms with E-state index in [2.05, 4.69) is 24.1 Å². The van der Waals surface area contributed by atoms with E-state index in [9.17, 15) is 0 Å². The van der Waals surface area contributed by atoms with Crippen molar-refractivity contribution in [1.82, 2.24) is 10.2 Å². The Morgan fingerprint density at radius 3 is 2.88 bits per heavy atom. The molecule has 0 spiro atoms. The zero-order valence-corrected chi connectivity index (χ0v) is 11.0. The zero-order chi connectivity index (χ0) is 11.4. The van der Waals surface area contributed by atoms with Gasteiger partial charge in [-0.2, -0.15) is 0 Å². The van der Waals surface area contributed by atoms with E-state index in [0.717, 1.165) is 18.0 Å². The van der Waals surface area contributed by atoms with Crippen LogP contribution in [0.2, 0.25) is 0 Å². The highest BCUT2D eigenvalue weighted by Crippen LogP contribution is 2.29. The molecule has 0 amide bonds. The second-order valence-electron chi connectivity index (χ2n) is 5.86. The molecule has 2 aliphatic rings. The third-order valence-electron chi connectivity index (χ3n) is 4.33. The van der Waals surface area contributed by atoms with E-state index >= 15 is 0 Å². The van der Waals surface area contributed by atoms with E-state index in [1.807, 2.05) is 0 Å². The van der Waals surface area contributed by atoms with Crippen LogP contribution in [0.4, 0.5) is 0 Å². The highest BCUT2D eigenvalue weighted by atomic mass is 15.2. The topological polar surface area (TPSA) is 15.3 Å². The molecule has 3 atom stereocenters. The average Bonchev–Trinajstić information content (AvgIpc) is 2.56. The largest absolute Gasteiger partial charge is 0.313 e. The monoisotopic (exact) mass is 224 g/mol. The maximum absolute atomic E-state index is 3.71. The molecule has 3 unspecified atom stereocenters. The Labute approximate surface area is 101 Å². The Morgan fingerprint density at radius 1 is 1.31 bits per heavy atom. The van der Waals surface area contributed by atoms with Crippen molar-refractivity contribution in [2.45, 2.75) is 64.5 Å². The Bertz CT molecular complexity index is 205. The van der Waals surface area contributed by atoms with Gasteiger partial charge in [-0.3, -0.25) is 4.90 Å². The van der Waals surface area contributed by atoms with E-state index in [4.69, 9.17) is 0 Å². The predicted octanol–water partition coefficient (Wildman–Crippen LogP) is 2.64. The van der Waals surface area contributed by atoms with Crippen LogP contribution in [0.1, 0.15) is 52.4 Å². The van der Waals surface area contributed by atoms with Gasteiger partial charge in [0, 0.05) is 18.6 Å². The van der Waals surface area contributed by atoms with Gasteiger partial charge in [-0.25, -0.2) is 0 Å². The molecule has 1 saturated carbocycles. The van der Waals surface area contributed by atoms with Crippen molar-refractivity contribution in [1.29, 1.82) is 0 Å². The van der Waals surface area contributed by atoms with Crippen LogP contribution in [0.25, 0.3) is 0 Å². The second-order valence-corrected chi connectivity index (χ2v) is 5.86. The fraction of sp³-hybridized carbons (Fsp3) is 1.00. The van der Waals surface area contributed by atoms with Gasteiger partial charge in [0.25, 0.3) is 0 Å². The molecule has 1 aliphatic heterocycles. The minimum atomic E-state index is 0.753.